The third-order valence-corrected chi connectivity index (χ3v) is 3.97. The summed E-state index contributed by atoms with van der Waals surface area (Å²) in [5.41, 5.74) is 1.39. The lowest BCUT2D eigenvalue weighted by molar-refractivity contribution is 0.0696. The Hall–Kier alpha value is -1.88. The largest absolute Gasteiger partial charge is 0.494 e. The van der Waals surface area contributed by atoms with Gasteiger partial charge >= 0.3 is 5.97 Å². The van der Waals surface area contributed by atoms with E-state index >= 15 is 0 Å². The second kappa shape index (κ2) is 7.22. The molecule has 1 heterocycles. The molecule has 5 heteroatoms. The van der Waals surface area contributed by atoms with Crippen LogP contribution in [0.3, 0.4) is 0 Å². The Bertz CT molecular complexity index is 607. The van der Waals surface area contributed by atoms with Crippen molar-refractivity contribution in [2.45, 2.75) is 32.6 Å². The molecule has 1 N–H and O–H groups in total. The van der Waals surface area contributed by atoms with Crippen molar-refractivity contribution in [2.75, 3.05) is 6.61 Å². The molecule has 0 saturated heterocycles. The third kappa shape index (κ3) is 4.56. The Morgan fingerprint density at radius 3 is 2.90 bits per heavy atom. The van der Waals surface area contributed by atoms with Gasteiger partial charge in [-0.15, -0.1) is 11.3 Å². The van der Waals surface area contributed by atoms with Crippen molar-refractivity contribution in [1.29, 1.82) is 0 Å². The van der Waals surface area contributed by atoms with Crippen molar-refractivity contribution >= 4 is 17.3 Å². The summed E-state index contributed by atoms with van der Waals surface area (Å²) in [6.07, 6.45) is 1.75. The molecule has 0 unspecified atom stereocenters. The maximum atomic E-state index is 10.9. The molecule has 1 aromatic carbocycles. The summed E-state index contributed by atoms with van der Waals surface area (Å²) >= 11 is 1.69. The molecule has 0 fully saturated rings. The SMILES string of the molecule is CC(C)c1csc(CCCOc2cccc(C(=O)O)c2)n1. The minimum Gasteiger partial charge on any atom is -0.494 e. The fourth-order valence-corrected chi connectivity index (χ4v) is 2.84. The van der Waals surface area contributed by atoms with E-state index in [0.717, 1.165) is 23.5 Å². The van der Waals surface area contributed by atoms with Crippen molar-refractivity contribution in [3.05, 3.63) is 45.9 Å². The van der Waals surface area contributed by atoms with Crippen molar-refractivity contribution in [1.82, 2.24) is 4.98 Å². The van der Waals surface area contributed by atoms with E-state index in [4.69, 9.17) is 9.84 Å². The van der Waals surface area contributed by atoms with E-state index < -0.39 is 5.97 Å². The van der Waals surface area contributed by atoms with Crippen LogP contribution in [-0.4, -0.2) is 22.7 Å². The van der Waals surface area contributed by atoms with E-state index in [2.05, 4.69) is 24.2 Å². The molecule has 0 amide bonds. The molecule has 0 radical (unpaired) electrons. The smallest absolute Gasteiger partial charge is 0.335 e. The van der Waals surface area contributed by atoms with Gasteiger partial charge in [0, 0.05) is 11.8 Å². The standard InChI is InChI=1S/C16H19NO3S/c1-11(2)14-10-21-15(17-14)7-4-8-20-13-6-3-5-12(9-13)16(18)19/h3,5-6,9-11H,4,7-8H2,1-2H3,(H,18,19). The predicted octanol–water partition coefficient (Wildman–Crippen LogP) is 3.98. The third-order valence-electron chi connectivity index (χ3n) is 3.05. The van der Waals surface area contributed by atoms with Crippen LogP contribution in [0.25, 0.3) is 0 Å². The molecule has 0 aliphatic rings. The summed E-state index contributed by atoms with van der Waals surface area (Å²) in [5, 5.41) is 12.1. The van der Waals surface area contributed by atoms with Gasteiger partial charge in [-0.25, -0.2) is 9.78 Å². The number of benzene rings is 1. The number of nitrogens with zero attached hydrogens (tertiary/aromatic N) is 1. The van der Waals surface area contributed by atoms with Crippen LogP contribution < -0.4 is 4.74 Å². The summed E-state index contributed by atoms with van der Waals surface area (Å²) in [4.78, 5) is 15.4. The molecule has 2 rings (SSSR count). The molecule has 0 bridgehead atoms. The van der Waals surface area contributed by atoms with Gasteiger partial charge in [-0.1, -0.05) is 19.9 Å². The van der Waals surface area contributed by atoms with Crippen LogP contribution in [0.1, 0.15) is 47.2 Å². The van der Waals surface area contributed by atoms with Crippen LogP contribution in [0.15, 0.2) is 29.6 Å². The number of hydrogen-bond acceptors (Lipinski definition) is 4. The summed E-state index contributed by atoms with van der Waals surface area (Å²) < 4.78 is 5.59. The Kier molecular flexibility index (Phi) is 5.33. The number of aryl methyl sites for hydroxylation is 1. The Morgan fingerprint density at radius 1 is 1.43 bits per heavy atom. The van der Waals surface area contributed by atoms with E-state index in [1.165, 1.54) is 0 Å². The van der Waals surface area contributed by atoms with Crippen molar-refractivity contribution in [3.63, 3.8) is 0 Å². The van der Waals surface area contributed by atoms with Crippen LogP contribution >= 0.6 is 11.3 Å². The molecular formula is C16H19NO3S. The molecule has 21 heavy (non-hydrogen) atoms. The number of ether oxygens (including phenoxy) is 1. The average molecular weight is 305 g/mol. The zero-order chi connectivity index (χ0) is 15.2. The maximum Gasteiger partial charge on any atom is 0.335 e. The molecule has 0 aliphatic heterocycles. The Morgan fingerprint density at radius 2 is 2.24 bits per heavy atom. The molecule has 4 nitrogen and oxygen atoms in total. The molecule has 2 aromatic rings. The lowest BCUT2D eigenvalue weighted by Gasteiger charge is -2.06. The molecular weight excluding hydrogens is 286 g/mol. The number of carbonyl (C=O) groups is 1. The Labute approximate surface area is 128 Å². The van der Waals surface area contributed by atoms with E-state index in [0.29, 0.717) is 18.3 Å². The highest BCUT2D eigenvalue weighted by molar-refractivity contribution is 7.09. The van der Waals surface area contributed by atoms with Crippen molar-refractivity contribution in [2.24, 2.45) is 0 Å². The number of carboxylic acids is 1. The molecule has 0 aliphatic carbocycles. The van der Waals surface area contributed by atoms with E-state index in [9.17, 15) is 4.79 Å². The zero-order valence-corrected chi connectivity index (χ0v) is 13.0. The molecule has 0 atom stereocenters. The Balaban J connectivity index is 1.79. The highest BCUT2D eigenvalue weighted by Gasteiger charge is 2.06. The van der Waals surface area contributed by atoms with E-state index in [1.54, 1.807) is 35.6 Å². The zero-order valence-electron chi connectivity index (χ0n) is 12.2. The number of hydrogen-bond donors (Lipinski definition) is 1. The van der Waals surface area contributed by atoms with E-state index in [1.807, 2.05) is 0 Å². The molecule has 0 saturated carbocycles. The van der Waals surface area contributed by atoms with Crippen LogP contribution in [0.5, 0.6) is 5.75 Å². The number of carboxylic acid groups (broad SMARTS) is 1. The van der Waals surface area contributed by atoms with Crippen LogP contribution in [0, 0.1) is 0 Å². The quantitative estimate of drug-likeness (QED) is 0.786. The van der Waals surface area contributed by atoms with Gasteiger partial charge in [0.2, 0.25) is 0 Å². The van der Waals surface area contributed by atoms with Crippen LogP contribution in [-0.2, 0) is 6.42 Å². The van der Waals surface area contributed by atoms with E-state index in [-0.39, 0.29) is 5.56 Å². The van der Waals surface area contributed by atoms with Gasteiger partial charge < -0.3 is 9.84 Å². The van der Waals surface area contributed by atoms with Crippen LogP contribution in [0.4, 0.5) is 0 Å². The predicted molar refractivity (Wildman–Crippen MR) is 83.4 cm³/mol. The van der Waals surface area contributed by atoms with Crippen molar-refractivity contribution in [3.8, 4) is 5.75 Å². The van der Waals surface area contributed by atoms with Gasteiger partial charge in [0.1, 0.15) is 5.75 Å². The summed E-state index contributed by atoms with van der Waals surface area (Å²) in [7, 11) is 0. The summed E-state index contributed by atoms with van der Waals surface area (Å²) in [6, 6.07) is 6.56. The lowest BCUT2D eigenvalue weighted by atomic mass is 10.2. The first kappa shape index (κ1) is 15.5. The van der Waals surface area contributed by atoms with Gasteiger partial charge in [0.15, 0.2) is 0 Å². The highest BCUT2D eigenvalue weighted by atomic mass is 32.1. The maximum absolute atomic E-state index is 10.9. The number of aromatic carboxylic acids is 1. The highest BCUT2D eigenvalue weighted by Crippen LogP contribution is 2.19. The van der Waals surface area contributed by atoms with Gasteiger partial charge in [-0.2, -0.15) is 0 Å². The molecule has 1 aromatic heterocycles. The van der Waals surface area contributed by atoms with Crippen LogP contribution in [0.2, 0.25) is 0 Å². The first-order valence-electron chi connectivity index (χ1n) is 6.96. The first-order valence-corrected chi connectivity index (χ1v) is 7.84. The second-order valence-corrected chi connectivity index (χ2v) is 6.05. The minimum absolute atomic E-state index is 0.244. The number of aromatic nitrogens is 1. The average Bonchev–Trinajstić information content (AvgIpc) is 2.93. The topological polar surface area (TPSA) is 59.4 Å². The normalized spacial score (nSPS) is 10.8. The molecule has 112 valence electrons. The number of thiazole rings is 1. The van der Waals surface area contributed by atoms with Gasteiger partial charge in [0.05, 0.1) is 22.9 Å². The van der Waals surface area contributed by atoms with Gasteiger partial charge in [-0.05, 0) is 30.5 Å². The lowest BCUT2D eigenvalue weighted by Crippen LogP contribution is -2.01. The molecule has 0 spiro atoms. The summed E-state index contributed by atoms with van der Waals surface area (Å²) in [5.74, 6) is 0.117. The minimum atomic E-state index is -0.940. The summed E-state index contributed by atoms with van der Waals surface area (Å²) in [6.45, 7) is 4.83. The fraction of sp³-hybridized carbons (Fsp3) is 0.375. The van der Waals surface area contributed by atoms with Gasteiger partial charge in [-0.3, -0.25) is 0 Å². The second-order valence-electron chi connectivity index (χ2n) is 5.11. The van der Waals surface area contributed by atoms with Gasteiger partial charge in [0.25, 0.3) is 0 Å². The first-order chi connectivity index (χ1) is 10.1. The van der Waals surface area contributed by atoms with Crippen molar-refractivity contribution < 1.29 is 14.6 Å². The fourth-order valence-electron chi connectivity index (χ4n) is 1.84. The monoisotopic (exact) mass is 305 g/mol. The number of rotatable bonds is 7.